The maximum Gasteiger partial charge on any atom is 0.319 e. The van der Waals surface area contributed by atoms with Gasteiger partial charge in [-0.3, -0.25) is 0 Å². The van der Waals surface area contributed by atoms with Crippen molar-refractivity contribution >= 4 is 21.6 Å². The average Bonchev–Trinajstić information content (AvgIpc) is 2.59. The van der Waals surface area contributed by atoms with Gasteiger partial charge in [0.15, 0.2) is 9.84 Å². The Balaban J connectivity index is 1.89. The fourth-order valence-electron chi connectivity index (χ4n) is 1.52. The summed E-state index contributed by atoms with van der Waals surface area (Å²) in [5.41, 5.74) is 0.662. The first-order valence-electron chi connectivity index (χ1n) is 5.09. The van der Waals surface area contributed by atoms with Gasteiger partial charge in [-0.2, -0.15) is 0 Å². The molecule has 1 aliphatic rings. The van der Waals surface area contributed by atoms with Crippen molar-refractivity contribution in [1.29, 1.82) is 0 Å². The molecule has 6 heteroatoms. The van der Waals surface area contributed by atoms with Crippen LogP contribution in [0.15, 0.2) is 41.8 Å². The number of rotatable bonds is 2. The molecule has 90 valence electrons. The number of amides is 2. The summed E-state index contributed by atoms with van der Waals surface area (Å²) in [7, 11) is -3.14. The number of hydrogen-bond donors (Lipinski definition) is 2. The third kappa shape index (κ3) is 3.32. The summed E-state index contributed by atoms with van der Waals surface area (Å²) < 4.78 is 22.2. The topological polar surface area (TPSA) is 75.3 Å². The Morgan fingerprint density at radius 2 is 1.94 bits per heavy atom. The number of para-hydroxylation sites is 1. The van der Waals surface area contributed by atoms with E-state index in [9.17, 15) is 13.2 Å². The van der Waals surface area contributed by atoms with Crippen LogP contribution in [0.25, 0.3) is 0 Å². The van der Waals surface area contributed by atoms with E-state index in [1.165, 1.54) is 6.08 Å². The molecular weight excluding hydrogens is 240 g/mol. The molecule has 1 aromatic rings. The minimum atomic E-state index is -3.14. The SMILES string of the molecule is O=C(Nc1ccccc1)NC1C=CS(=O)(=O)C1. The maximum atomic E-state index is 11.5. The quantitative estimate of drug-likeness (QED) is 0.828. The molecule has 0 radical (unpaired) electrons. The molecule has 17 heavy (non-hydrogen) atoms. The van der Waals surface area contributed by atoms with Gasteiger partial charge in [-0.1, -0.05) is 18.2 Å². The molecule has 0 bridgehead atoms. The summed E-state index contributed by atoms with van der Waals surface area (Å²) >= 11 is 0. The van der Waals surface area contributed by atoms with Crippen molar-refractivity contribution in [2.45, 2.75) is 6.04 Å². The summed E-state index contributed by atoms with van der Waals surface area (Å²) in [6, 6.07) is 8.08. The first kappa shape index (κ1) is 11.7. The largest absolute Gasteiger partial charge is 0.331 e. The van der Waals surface area contributed by atoms with Crippen LogP contribution in [0.3, 0.4) is 0 Å². The van der Waals surface area contributed by atoms with E-state index in [2.05, 4.69) is 10.6 Å². The zero-order valence-corrected chi connectivity index (χ0v) is 9.78. The summed E-state index contributed by atoms with van der Waals surface area (Å²) in [5.74, 6) is -0.0742. The lowest BCUT2D eigenvalue weighted by atomic mass is 10.3. The van der Waals surface area contributed by atoms with E-state index in [1.807, 2.05) is 6.07 Å². The molecule has 1 aliphatic heterocycles. The maximum absolute atomic E-state index is 11.5. The Hall–Kier alpha value is -1.82. The zero-order chi connectivity index (χ0) is 12.3. The first-order valence-corrected chi connectivity index (χ1v) is 6.80. The molecule has 0 saturated carbocycles. The fraction of sp³-hybridized carbons (Fsp3) is 0.182. The van der Waals surface area contributed by atoms with E-state index in [1.54, 1.807) is 24.3 Å². The lowest BCUT2D eigenvalue weighted by Gasteiger charge is -2.11. The van der Waals surface area contributed by atoms with E-state index in [0.29, 0.717) is 5.69 Å². The second-order valence-electron chi connectivity index (χ2n) is 3.73. The van der Waals surface area contributed by atoms with E-state index >= 15 is 0 Å². The minimum absolute atomic E-state index is 0.0742. The monoisotopic (exact) mass is 252 g/mol. The molecule has 1 atom stereocenters. The third-order valence-corrected chi connectivity index (χ3v) is 3.67. The Labute approximate surface area is 99.4 Å². The predicted octanol–water partition coefficient (Wildman–Crippen LogP) is 1.12. The van der Waals surface area contributed by atoms with Crippen LogP contribution >= 0.6 is 0 Å². The molecule has 1 unspecified atom stereocenters. The van der Waals surface area contributed by atoms with Crippen molar-refractivity contribution in [3.05, 3.63) is 41.8 Å². The second kappa shape index (κ2) is 4.58. The van der Waals surface area contributed by atoms with Crippen LogP contribution in [-0.2, 0) is 9.84 Å². The number of hydrogen-bond acceptors (Lipinski definition) is 3. The molecule has 0 fully saturated rings. The lowest BCUT2D eigenvalue weighted by molar-refractivity contribution is 0.251. The van der Waals surface area contributed by atoms with Gasteiger partial charge in [-0.25, -0.2) is 13.2 Å². The van der Waals surface area contributed by atoms with Crippen molar-refractivity contribution in [2.24, 2.45) is 0 Å². The normalized spacial score (nSPS) is 21.1. The Morgan fingerprint density at radius 3 is 2.53 bits per heavy atom. The van der Waals surface area contributed by atoms with Crippen LogP contribution in [0.5, 0.6) is 0 Å². The molecule has 1 heterocycles. The molecule has 2 rings (SSSR count). The van der Waals surface area contributed by atoms with Gasteiger partial charge >= 0.3 is 6.03 Å². The van der Waals surface area contributed by atoms with E-state index in [4.69, 9.17) is 0 Å². The predicted molar refractivity (Wildman–Crippen MR) is 65.3 cm³/mol. The Bertz CT molecular complexity index is 537. The Morgan fingerprint density at radius 1 is 1.24 bits per heavy atom. The lowest BCUT2D eigenvalue weighted by Crippen LogP contribution is -2.38. The molecule has 0 aliphatic carbocycles. The van der Waals surface area contributed by atoms with Crippen LogP contribution in [0, 0.1) is 0 Å². The van der Waals surface area contributed by atoms with Gasteiger partial charge in [-0.15, -0.1) is 0 Å². The van der Waals surface area contributed by atoms with Crippen LogP contribution < -0.4 is 10.6 Å². The number of urea groups is 1. The van der Waals surface area contributed by atoms with Gasteiger partial charge < -0.3 is 10.6 Å². The van der Waals surface area contributed by atoms with Gasteiger partial charge in [-0.05, 0) is 18.2 Å². The minimum Gasteiger partial charge on any atom is -0.331 e. The van der Waals surface area contributed by atoms with Crippen molar-refractivity contribution in [3.8, 4) is 0 Å². The highest BCUT2D eigenvalue weighted by atomic mass is 32.2. The number of carbonyl (C=O) groups excluding carboxylic acids is 1. The van der Waals surface area contributed by atoms with Crippen LogP contribution in [0.2, 0.25) is 0 Å². The third-order valence-electron chi connectivity index (χ3n) is 2.28. The highest BCUT2D eigenvalue weighted by molar-refractivity contribution is 7.94. The van der Waals surface area contributed by atoms with Crippen molar-refractivity contribution in [2.75, 3.05) is 11.1 Å². The molecule has 2 amide bonds. The summed E-state index contributed by atoms with van der Waals surface area (Å²) in [6.07, 6.45) is 1.47. The van der Waals surface area contributed by atoms with E-state index < -0.39 is 21.9 Å². The van der Waals surface area contributed by atoms with Gasteiger partial charge in [0.25, 0.3) is 0 Å². The summed E-state index contributed by atoms with van der Waals surface area (Å²) in [4.78, 5) is 11.5. The second-order valence-corrected chi connectivity index (χ2v) is 5.66. The van der Waals surface area contributed by atoms with Crippen molar-refractivity contribution in [1.82, 2.24) is 5.32 Å². The average molecular weight is 252 g/mol. The highest BCUT2D eigenvalue weighted by Crippen LogP contribution is 2.09. The number of benzene rings is 1. The van der Waals surface area contributed by atoms with Gasteiger partial charge in [0.2, 0.25) is 0 Å². The fourth-order valence-corrected chi connectivity index (χ4v) is 2.76. The number of nitrogens with one attached hydrogen (secondary N) is 2. The van der Waals surface area contributed by atoms with Crippen LogP contribution in [0.4, 0.5) is 10.5 Å². The molecular formula is C11H12N2O3S. The molecule has 1 aromatic carbocycles. The molecule has 0 aromatic heterocycles. The molecule has 5 nitrogen and oxygen atoms in total. The number of anilines is 1. The zero-order valence-electron chi connectivity index (χ0n) is 8.96. The van der Waals surface area contributed by atoms with Gasteiger partial charge in [0, 0.05) is 11.1 Å². The molecule has 0 spiro atoms. The van der Waals surface area contributed by atoms with Crippen molar-refractivity contribution < 1.29 is 13.2 Å². The summed E-state index contributed by atoms with van der Waals surface area (Å²) in [6.45, 7) is 0. The Kier molecular flexibility index (Phi) is 3.14. The van der Waals surface area contributed by atoms with Crippen LogP contribution in [0.1, 0.15) is 0 Å². The van der Waals surface area contributed by atoms with Crippen molar-refractivity contribution in [3.63, 3.8) is 0 Å². The first-order chi connectivity index (χ1) is 8.05. The molecule has 2 N–H and O–H groups in total. The summed E-state index contributed by atoms with van der Waals surface area (Å²) in [5, 5.41) is 6.31. The van der Waals surface area contributed by atoms with Gasteiger partial charge in [0.1, 0.15) is 0 Å². The molecule has 0 saturated heterocycles. The highest BCUT2D eigenvalue weighted by Gasteiger charge is 2.22. The standard InChI is InChI=1S/C11H12N2O3S/c14-11(12-9-4-2-1-3-5-9)13-10-6-7-17(15,16)8-10/h1-7,10H,8H2,(H2,12,13,14). The number of sulfone groups is 1. The van der Waals surface area contributed by atoms with E-state index in [-0.39, 0.29) is 5.75 Å². The van der Waals surface area contributed by atoms with E-state index in [0.717, 1.165) is 5.41 Å². The van der Waals surface area contributed by atoms with Gasteiger partial charge in [0.05, 0.1) is 11.8 Å². The smallest absolute Gasteiger partial charge is 0.319 e. The van der Waals surface area contributed by atoms with Crippen LogP contribution in [-0.4, -0.2) is 26.2 Å². The number of carbonyl (C=O) groups is 1.